The smallest absolute Gasteiger partial charge is 0.218 e. The standard InChI is InChI=1S/C10H14ClNOS/c1-6(2)7(5-10(12)13)8-3-4-9(11)14-8/h3-4,6-7H,5H2,1-2H3,(H2,12,13). The Kier molecular flexibility index (Phi) is 3.96. The van der Waals surface area contributed by atoms with Gasteiger partial charge in [-0.1, -0.05) is 25.4 Å². The van der Waals surface area contributed by atoms with Crippen molar-refractivity contribution < 1.29 is 4.79 Å². The Morgan fingerprint density at radius 1 is 1.57 bits per heavy atom. The van der Waals surface area contributed by atoms with E-state index in [-0.39, 0.29) is 11.8 Å². The van der Waals surface area contributed by atoms with E-state index in [1.165, 1.54) is 11.3 Å². The minimum absolute atomic E-state index is 0.199. The van der Waals surface area contributed by atoms with Gasteiger partial charge in [0.2, 0.25) is 5.91 Å². The fourth-order valence-corrected chi connectivity index (χ4v) is 2.74. The van der Waals surface area contributed by atoms with Crippen molar-refractivity contribution in [2.24, 2.45) is 11.7 Å². The summed E-state index contributed by atoms with van der Waals surface area (Å²) in [5, 5.41) is 0. The largest absolute Gasteiger partial charge is 0.370 e. The van der Waals surface area contributed by atoms with Crippen LogP contribution in [0, 0.1) is 5.92 Å². The quantitative estimate of drug-likeness (QED) is 0.851. The molecule has 0 spiro atoms. The van der Waals surface area contributed by atoms with Crippen LogP contribution in [-0.4, -0.2) is 5.91 Å². The van der Waals surface area contributed by atoms with E-state index in [0.29, 0.717) is 12.3 Å². The predicted octanol–water partition coefficient (Wildman–Crippen LogP) is 3.02. The summed E-state index contributed by atoms with van der Waals surface area (Å²) in [6, 6.07) is 3.83. The molecule has 1 atom stereocenters. The first kappa shape index (κ1) is 11.5. The van der Waals surface area contributed by atoms with Gasteiger partial charge in [-0.15, -0.1) is 11.3 Å². The molecule has 1 amide bonds. The van der Waals surface area contributed by atoms with Crippen molar-refractivity contribution in [2.75, 3.05) is 0 Å². The highest BCUT2D eigenvalue weighted by Crippen LogP contribution is 2.34. The minimum Gasteiger partial charge on any atom is -0.370 e. The molecule has 2 N–H and O–H groups in total. The molecule has 4 heteroatoms. The highest BCUT2D eigenvalue weighted by molar-refractivity contribution is 7.16. The molecule has 0 aliphatic heterocycles. The Bertz CT molecular complexity index is 322. The SMILES string of the molecule is CC(C)C(CC(N)=O)c1ccc(Cl)s1. The van der Waals surface area contributed by atoms with Crippen LogP contribution in [0.4, 0.5) is 0 Å². The molecule has 0 bridgehead atoms. The molecule has 1 unspecified atom stereocenters. The lowest BCUT2D eigenvalue weighted by Crippen LogP contribution is -2.17. The van der Waals surface area contributed by atoms with Gasteiger partial charge in [-0.3, -0.25) is 4.79 Å². The summed E-state index contributed by atoms with van der Waals surface area (Å²) in [6.07, 6.45) is 0.397. The van der Waals surface area contributed by atoms with Gasteiger partial charge in [-0.25, -0.2) is 0 Å². The van der Waals surface area contributed by atoms with E-state index in [1.807, 2.05) is 12.1 Å². The van der Waals surface area contributed by atoms with Crippen LogP contribution in [0.3, 0.4) is 0 Å². The van der Waals surface area contributed by atoms with Crippen molar-refractivity contribution in [3.05, 3.63) is 21.3 Å². The normalized spacial score (nSPS) is 13.1. The molecule has 0 radical (unpaired) electrons. The number of halogens is 1. The van der Waals surface area contributed by atoms with Gasteiger partial charge < -0.3 is 5.73 Å². The number of thiophene rings is 1. The molecular formula is C10H14ClNOS. The van der Waals surface area contributed by atoms with E-state index in [1.54, 1.807) is 0 Å². The highest BCUT2D eigenvalue weighted by atomic mass is 35.5. The Balaban J connectivity index is 2.82. The fourth-order valence-electron chi connectivity index (χ4n) is 1.41. The second-order valence-corrected chi connectivity index (χ2v) is 5.41. The number of amides is 1. The number of hydrogen-bond donors (Lipinski definition) is 1. The average Bonchev–Trinajstić information content (AvgIpc) is 2.46. The van der Waals surface area contributed by atoms with E-state index in [4.69, 9.17) is 17.3 Å². The summed E-state index contributed by atoms with van der Waals surface area (Å²) in [5.74, 6) is 0.343. The van der Waals surface area contributed by atoms with Crippen LogP contribution in [0.2, 0.25) is 4.34 Å². The zero-order valence-corrected chi connectivity index (χ0v) is 9.86. The van der Waals surface area contributed by atoms with Crippen LogP contribution in [-0.2, 0) is 4.79 Å². The highest BCUT2D eigenvalue weighted by Gasteiger charge is 2.19. The summed E-state index contributed by atoms with van der Waals surface area (Å²) in [4.78, 5) is 12.0. The molecular weight excluding hydrogens is 218 g/mol. The minimum atomic E-state index is -0.256. The molecule has 78 valence electrons. The second-order valence-electron chi connectivity index (χ2n) is 3.66. The summed E-state index contributed by atoms with van der Waals surface area (Å²) in [7, 11) is 0. The van der Waals surface area contributed by atoms with E-state index in [2.05, 4.69) is 13.8 Å². The fraction of sp³-hybridized carbons (Fsp3) is 0.500. The van der Waals surface area contributed by atoms with Crippen molar-refractivity contribution in [2.45, 2.75) is 26.2 Å². The number of hydrogen-bond acceptors (Lipinski definition) is 2. The van der Waals surface area contributed by atoms with E-state index >= 15 is 0 Å². The number of primary amides is 1. The molecule has 1 heterocycles. The molecule has 2 nitrogen and oxygen atoms in total. The third-order valence-corrected chi connectivity index (χ3v) is 3.55. The van der Waals surface area contributed by atoms with Crippen molar-refractivity contribution in [3.63, 3.8) is 0 Å². The average molecular weight is 232 g/mol. The monoisotopic (exact) mass is 231 g/mol. The van der Waals surface area contributed by atoms with Gasteiger partial charge >= 0.3 is 0 Å². The maximum absolute atomic E-state index is 10.9. The molecule has 0 fully saturated rings. The summed E-state index contributed by atoms with van der Waals surface area (Å²) in [5.41, 5.74) is 5.21. The lowest BCUT2D eigenvalue weighted by Gasteiger charge is -2.17. The van der Waals surface area contributed by atoms with Gasteiger partial charge in [0.25, 0.3) is 0 Å². The van der Waals surface area contributed by atoms with Crippen LogP contribution < -0.4 is 5.73 Å². The van der Waals surface area contributed by atoms with Gasteiger partial charge in [0.15, 0.2) is 0 Å². The first-order valence-corrected chi connectivity index (χ1v) is 5.73. The third-order valence-electron chi connectivity index (χ3n) is 2.19. The molecule has 0 saturated heterocycles. The molecule has 0 aliphatic rings. The van der Waals surface area contributed by atoms with E-state index in [0.717, 1.165) is 9.21 Å². The Morgan fingerprint density at radius 3 is 2.57 bits per heavy atom. The lowest BCUT2D eigenvalue weighted by molar-refractivity contribution is -0.118. The van der Waals surface area contributed by atoms with Crippen LogP contribution in [0.5, 0.6) is 0 Å². The van der Waals surface area contributed by atoms with E-state index in [9.17, 15) is 4.79 Å². The summed E-state index contributed by atoms with van der Waals surface area (Å²) in [6.45, 7) is 4.17. The van der Waals surface area contributed by atoms with Crippen molar-refractivity contribution in [1.82, 2.24) is 0 Å². The van der Waals surface area contributed by atoms with Gasteiger partial charge in [0, 0.05) is 17.2 Å². The summed E-state index contributed by atoms with van der Waals surface area (Å²) >= 11 is 7.37. The summed E-state index contributed by atoms with van der Waals surface area (Å²) < 4.78 is 0.759. The van der Waals surface area contributed by atoms with Crippen molar-refractivity contribution in [1.29, 1.82) is 0 Å². The van der Waals surface area contributed by atoms with Crippen LogP contribution in [0.15, 0.2) is 12.1 Å². The topological polar surface area (TPSA) is 43.1 Å². The van der Waals surface area contributed by atoms with Crippen LogP contribution >= 0.6 is 22.9 Å². The van der Waals surface area contributed by atoms with Gasteiger partial charge in [0.1, 0.15) is 0 Å². The molecule has 1 rings (SSSR count). The zero-order chi connectivity index (χ0) is 10.7. The number of carbonyl (C=O) groups excluding carboxylic acids is 1. The Labute approximate surface area is 93.1 Å². The first-order chi connectivity index (χ1) is 6.50. The second kappa shape index (κ2) is 4.80. The molecule has 0 aliphatic carbocycles. The van der Waals surface area contributed by atoms with Crippen molar-refractivity contribution in [3.8, 4) is 0 Å². The molecule has 14 heavy (non-hydrogen) atoms. The number of rotatable bonds is 4. The number of nitrogens with two attached hydrogens (primary N) is 1. The maximum atomic E-state index is 10.9. The molecule has 0 aromatic carbocycles. The van der Waals surface area contributed by atoms with E-state index < -0.39 is 0 Å². The predicted molar refractivity (Wildman–Crippen MR) is 60.7 cm³/mol. The molecule has 0 saturated carbocycles. The molecule has 1 aromatic rings. The Morgan fingerprint density at radius 2 is 2.21 bits per heavy atom. The van der Waals surface area contributed by atoms with Crippen LogP contribution in [0.25, 0.3) is 0 Å². The third kappa shape index (κ3) is 3.00. The Hall–Kier alpha value is -0.540. The van der Waals surface area contributed by atoms with Crippen LogP contribution in [0.1, 0.15) is 31.1 Å². The number of carbonyl (C=O) groups is 1. The van der Waals surface area contributed by atoms with Crippen molar-refractivity contribution >= 4 is 28.8 Å². The van der Waals surface area contributed by atoms with Gasteiger partial charge in [-0.05, 0) is 18.1 Å². The first-order valence-electron chi connectivity index (χ1n) is 4.54. The zero-order valence-electron chi connectivity index (χ0n) is 8.29. The van der Waals surface area contributed by atoms with Gasteiger partial charge in [-0.2, -0.15) is 0 Å². The van der Waals surface area contributed by atoms with Gasteiger partial charge in [0.05, 0.1) is 4.34 Å². The lowest BCUT2D eigenvalue weighted by atomic mass is 9.91. The maximum Gasteiger partial charge on any atom is 0.218 e. The molecule has 1 aromatic heterocycles.